The first kappa shape index (κ1) is 12.0. The molecular formula is C11H13N3O2. The lowest BCUT2D eigenvalue weighted by molar-refractivity contribution is 0.0594. The van der Waals surface area contributed by atoms with Crippen molar-refractivity contribution < 1.29 is 9.53 Å². The van der Waals surface area contributed by atoms with Crippen LogP contribution in [0.15, 0.2) is 12.4 Å². The van der Waals surface area contributed by atoms with Crippen LogP contribution < -0.4 is 5.32 Å². The van der Waals surface area contributed by atoms with Gasteiger partial charge in [0, 0.05) is 6.07 Å². The van der Waals surface area contributed by atoms with Crippen molar-refractivity contribution in [3.63, 3.8) is 0 Å². The van der Waals surface area contributed by atoms with Crippen LogP contribution in [0.25, 0.3) is 0 Å². The Morgan fingerprint density at radius 3 is 2.81 bits per heavy atom. The molecule has 0 amide bonds. The number of nitrogens with zero attached hydrogens (tertiary/aromatic N) is 2. The Bertz CT molecular complexity index is 435. The Balaban J connectivity index is 2.92. The van der Waals surface area contributed by atoms with Crippen LogP contribution in [0.3, 0.4) is 0 Å². The lowest BCUT2D eigenvalue weighted by atomic mass is 10.1. The normalized spacial score (nSPS) is 10.4. The molecule has 1 aromatic heterocycles. The maximum absolute atomic E-state index is 11.2. The number of nitrogens with one attached hydrogen (secondary N) is 1. The van der Waals surface area contributed by atoms with E-state index in [4.69, 9.17) is 6.42 Å². The largest absolute Gasteiger partial charge is 0.464 e. The second-order valence-electron chi connectivity index (χ2n) is 3.67. The molecule has 0 atom stereocenters. The first-order valence-electron chi connectivity index (χ1n) is 4.65. The number of aromatic nitrogens is 2. The molecule has 1 aromatic rings. The van der Waals surface area contributed by atoms with Gasteiger partial charge in [-0.15, -0.1) is 6.42 Å². The predicted molar refractivity (Wildman–Crippen MR) is 59.9 cm³/mol. The molecule has 1 rings (SSSR count). The number of hydrogen-bond acceptors (Lipinski definition) is 5. The van der Waals surface area contributed by atoms with Crippen LogP contribution >= 0.6 is 0 Å². The molecule has 0 fully saturated rings. The van der Waals surface area contributed by atoms with E-state index >= 15 is 0 Å². The number of carbonyl (C=O) groups excluding carboxylic acids is 1. The molecule has 0 saturated carbocycles. The second-order valence-corrected chi connectivity index (χ2v) is 3.67. The van der Waals surface area contributed by atoms with Crippen molar-refractivity contribution in [1.29, 1.82) is 0 Å². The average molecular weight is 219 g/mol. The highest BCUT2D eigenvalue weighted by atomic mass is 16.5. The predicted octanol–water partition coefficient (Wildman–Crippen LogP) is 1.09. The van der Waals surface area contributed by atoms with E-state index < -0.39 is 11.5 Å². The third kappa shape index (κ3) is 2.95. The molecule has 1 heterocycles. The van der Waals surface area contributed by atoms with Crippen LogP contribution in [0, 0.1) is 12.3 Å². The number of anilines is 1. The zero-order valence-electron chi connectivity index (χ0n) is 9.44. The third-order valence-corrected chi connectivity index (χ3v) is 1.86. The van der Waals surface area contributed by atoms with Gasteiger partial charge < -0.3 is 10.1 Å². The fraction of sp³-hybridized carbons (Fsp3) is 0.364. The van der Waals surface area contributed by atoms with E-state index in [0.717, 1.165) is 0 Å². The van der Waals surface area contributed by atoms with Gasteiger partial charge in [0.1, 0.15) is 12.1 Å². The summed E-state index contributed by atoms with van der Waals surface area (Å²) in [6.07, 6.45) is 6.61. The molecule has 16 heavy (non-hydrogen) atoms. The summed E-state index contributed by atoms with van der Waals surface area (Å²) >= 11 is 0. The summed E-state index contributed by atoms with van der Waals surface area (Å²) in [5.41, 5.74) is -0.352. The third-order valence-electron chi connectivity index (χ3n) is 1.86. The molecule has 1 N–H and O–H groups in total. The Labute approximate surface area is 94.2 Å². The van der Waals surface area contributed by atoms with Crippen molar-refractivity contribution in [2.75, 3.05) is 12.4 Å². The molecule has 0 radical (unpaired) electrons. The summed E-state index contributed by atoms with van der Waals surface area (Å²) in [5.74, 6) is 2.54. The van der Waals surface area contributed by atoms with Crippen LogP contribution in [0.1, 0.15) is 24.3 Å². The van der Waals surface area contributed by atoms with E-state index in [2.05, 4.69) is 25.9 Å². The quantitative estimate of drug-likeness (QED) is 0.609. The lowest BCUT2D eigenvalue weighted by Crippen LogP contribution is -2.29. The molecule has 5 nitrogen and oxygen atoms in total. The fourth-order valence-corrected chi connectivity index (χ4v) is 0.998. The minimum absolute atomic E-state index is 0.188. The SMILES string of the molecule is C#CC(C)(C)Nc1cc(C(=O)OC)ncn1. The summed E-state index contributed by atoms with van der Waals surface area (Å²) in [7, 11) is 1.29. The molecule has 0 unspecified atom stereocenters. The van der Waals surface area contributed by atoms with Gasteiger partial charge in [0.05, 0.1) is 12.6 Å². The van der Waals surface area contributed by atoms with Gasteiger partial charge in [-0.1, -0.05) is 5.92 Å². The molecule has 0 aromatic carbocycles. The number of carbonyl (C=O) groups is 1. The molecular weight excluding hydrogens is 206 g/mol. The van der Waals surface area contributed by atoms with E-state index in [0.29, 0.717) is 5.82 Å². The Hall–Kier alpha value is -2.09. The van der Waals surface area contributed by atoms with Crippen molar-refractivity contribution in [3.8, 4) is 12.3 Å². The molecule has 0 aliphatic carbocycles. The first-order chi connectivity index (χ1) is 7.48. The van der Waals surface area contributed by atoms with Crippen LogP contribution in [-0.2, 0) is 4.74 Å². The van der Waals surface area contributed by atoms with Gasteiger partial charge in [-0.25, -0.2) is 14.8 Å². The summed E-state index contributed by atoms with van der Waals surface area (Å²) < 4.78 is 4.55. The van der Waals surface area contributed by atoms with Crippen molar-refractivity contribution in [2.45, 2.75) is 19.4 Å². The number of methoxy groups -OCH3 is 1. The Morgan fingerprint density at radius 2 is 2.25 bits per heavy atom. The monoisotopic (exact) mass is 219 g/mol. The molecule has 0 aliphatic heterocycles. The van der Waals surface area contributed by atoms with Crippen LogP contribution in [0.2, 0.25) is 0 Å². The van der Waals surface area contributed by atoms with Gasteiger partial charge in [-0.3, -0.25) is 0 Å². The van der Waals surface area contributed by atoms with Gasteiger partial charge in [0.15, 0.2) is 5.69 Å². The highest BCUT2D eigenvalue weighted by Gasteiger charge is 2.15. The number of hydrogen-bond donors (Lipinski definition) is 1. The summed E-state index contributed by atoms with van der Waals surface area (Å²) in [5, 5.41) is 2.99. The van der Waals surface area contributed by atoms with Crippen LogP contribution in [0.5, 0.6) is 0 Å². The molecule has 5 heteroatoms. The van der Waals surface area contributed by atoms with Crippen LogP contribution in [-0.4, -0.2) is 28.6 Å². The highest BCUT2D eigenvalue weighted by Crippen LogP contribution is 2.12. The minimum Gasteiger partial charge on any atom is -0.464 e. The number of ether oxygens (including phenoxy) is 1. The Morgan fingerprint density at radius 1 is 1.56 bits per heavy atom. The average Bonchev–Trinajstić information content (AvgIpc) is 2.28. The standard InChI is InChI=1S/C11H13N3O2/c1-5-11(2,3)14-9-6-8(10(15)16-4)12-7-13-9/h1,6-7H,2-4H3,(H,12,13,14). The molecule has 0 saturated heterocycles. The smallest absolute Gasteiger partial charge is 0.356 e. The molecule has 0 bridgehead atoms. The first-order valence-corrected chi connectivity index (χ1v) is 4.65. The van der Waals surface area contributed by atoms with Crippen molar-refractivity contribution >= 4 is 11.8 Å². The minimum atomic E-state index is -0.540. The molecule has 84 valence electrons. The van der Waals surface area contributed by atoms with Gasteiger partial charge >= 0.3 is 5.97 Å². The molecule has 0 aliphatic rings. The van der Waals surface area contributed by atoms with Crippen molar-refractivity contribution in [2.24, 2.45) is 0 Å². The molecule has 0 spiro atoms. The maximum atomic E-state index is 11.2. The van der Waals surface area contributed by atoms with Gasteiger partial charge in [-0.2, -0.15) is 0 Å². The lowest BCUT2D eigenvalue weighted by Gasteiger charge is -2.20. The van der Waals surface area contributed by atoms with Crippen molar-refractivity contribution in [3.05, 3.63) is 18.1 Å². The summed E-state index contributed by atoms with van der Waals surface area (Å²) in [6, 6.07) is 1.49. The van der Waals surface area contributed by atoms with Gasteiger partial charge in [0.25, 0.3) is 0 Å². The highest BCUT2D eigenvalue weighted by molar-refractivity contribution is 5.87. The fourth-order valence-electron chi connectivity index (χ4n) is 0.998. The zero-order valence-corrected chi connectivity index (χ0v) is 9.44. The van der Waals surface area contributed by atoms with Gasteiger partial charge in [-0.05, 0) is 13.8 Å². The van der Waals surface area contributed by atoms with E-state index in [9.17, 15) is 4.79 Å². The van der Waals surface area contributed by atoms with E-state index in [1.807, 2.05) is 13.8 Å². The zero-order chi connectivity index (χ0) is 12.2. The van der Waals surface area contributed by atoms with Crippen molar-refractivity contribution in [1.82, 2.24) is 9.97 Å². The number of esters is 1. The number of rotatable bonds is 3. The van der Waals surface area contributed by atoms with Gasteiger partial charge in [0.2, 0.25) is 0 Å². The number of terminal acetylenes is 1. The van der Waals surface area contributed by atoms with E-state index in [1.165, 1.54) is 19.5 Å². The summed E-state index contributed by atoms with van der Waals surface area (Å²) in [4.78, 5) is 19.0. The van der Waals surface area contributed by atoms with E-state index in [1.54, 1.807) is 0 Å². The van der Waals surface area contributed by atoms with Crippen LogP contribution in [0.4, 0.5) is 5.82 Å². The maximum Gasteiger partial charge on any atom is 0.356 e. The van der Waals surface area contributed by atoms with E-state index in [-0.39, 0.29) is 5.69 Å². The topological polar surface area (TPSA) is 64.1 Å². The summed E-state index contributed by atoms with van der Waals surface area (Å²) in [6.45, 7) is 3.65. The second kappa shape index (κ2) is 4.62. The Kier molecular flexibility index (Phi) is 3.46.